The van der Waals surface area contributed by atoms with Gasteiger partial charge in [-0.05, 0) is 24.8 Å². The highest BCUT2D eigenvalue weighted by Gasteiger charge is 2.31. The number of ether oxygens (including phenoxy) is 3. The Morgan fingerprint density at radius 1 is 1.29 bits per heavy atom. The van der Waals surface area contributed by atoms with Crippen molar-refractivity contribution in [3.8, 4) is 0 Å². The summed E-state index contributed by atoms with van der Waals surface area (Å²) in [6, 6.07) is 9.71. The fourth-order valence-electron chi connectivity index (χ4n) is 2.47. The monoisotopic (exact) mass is 291 g/mol. The Morgan fingerprint density at radius 2 is 2.10 bits per heavy atom. The first-order valence-corrected chi connectivity index (χ1v) is 7.53. The standard InChI is InChI=1S/C16H21NO4/c18-16(21-10-13-6-2-1-3-7-13)17-9-5-4-8-15(17)20-12-14-11-19-14/h1-3,6-7,14-15H,4-5,8-12H2/t14-,15?/m1/s1. The molecule has 1 aromatic carbocycles. The van der Waals surface area contributed by atoms with Crippen LogP contribution in [0.3, 0.4) is 0 Å². The molecule has 2 heterocycles. The van der Waals surface area contributed by atoms with E-state index in [1.807, 2.05) is 30.3 Å². The van der Waals surface area contributed by atoms with Gasteiger partial charge in [-0.2, -0.15) is 0 Å². The van der Waals surface area contributed by atoms with Gasteiger partial charge in [-0.1, -0.05) is 30.3 Å². The Labute approximate surface area is 124 Å². The molecule has 0 spiro atoms. The van der Waals surface area contributed by atoms with Gasteiger partial charge < -0.3 is 14.2 Å². The summed E-state index contributed by atoms with van der Waals surface area (Å²) >= 11 is 0. The Hall–Kier alpha value is -1.59. The maximum Gasteiger partial charge on any atom is 0.412 e. The summed E-state index contributed by atoms with van der Waals surface area (Å²) in [6.07, 6.45) is 2.70. The Kier molecular flexibility index (Phi) is 4.72. The van der Waals surface area contributed by atoms with E-state index in [2.05, 4.69) is 0 Å². The van der Waals surface area contributed by atoms with Gasteiger partial charge in [0.1, 0.15) is 18.9 Å². The van der Waals surface area contributed by atoms with Crippen molar-refractivity contribution in [3.63, 3.8) is 0 Å². The molecule has 2 fully saturated rings. The van der Waals surface area contributed by atoms with Crippen molar-refractivity contribution in [2.75, 3.05) is 19.8 Å². The topological polar surface area (TPSA) is 51.3 Å². The fraction of sp³-hybridized carbons (Fsp3) is 0.562. The second kappa shape index (κ2) is 6.91. The van der Waals surface area contributed by atoms with Gasteiger partial charge in [-0.3, -0.25) is 4.90 Å². The van der Waals surface area contributed by atoms with Crippen LogP contribution in [0.4, 0.5) is 4.79 Å². The molecule has 21 heavy (non-hydrogen) atoms. The van der Waals surface area contributed by atoms with E-state index >= 15 is 0 Å². The van der Waals surface area contributed by atoms with Crippen LogP contribution in [0.5, 0.6) is 0 Å². The molecule has 2 saturated heterocycles. The number of carbonyl (C=O) groups is 1. The summed E-state index contributed by atoms with van der Waals surface area (Å²) < 4.78 is 16.3. The van der Waals surface area contributed by atoms with Crippen molar-refractivity contribution < 1.29 is 19.0 Å². The van der Waals surface area contributed by atoms with Gasteiger partial charge in [0.25, 0.3) is 0 Å². The number of likely N-dealkylation sites (tertiary alicyclic amines) is 1. The lowest BCUT2D eigenvalue weighted by atomic mass is 10.1. The van der Waals surface area contributed by atoms with Crippen molar-refractivity contribution in [1.82, 2.24) is 4.90 Å². The first kappa shape index (κ1) is 14.4. The zero-order chi connectivity index (χ0) is 14.5. The molecule has 2 aliphatic heterocycles. The molecule has 2 atom stereocenters. The molecule has 114 valence electrons. The number of benzene rings is 1. The molecule has 0 radical (unpaired) electrons. The lowest BCUT2D eigenvalue weighted by molar-refractivity contribution is -0.0760. The zero-order valence-corrected chi connectivity index (χ0v) is 12.1. The predicted molar refractivity (Wildman–Crippen MR) is 76.7 cm³/mol. The second-order valence-corrected chi connectivity index (χ2v) is 5.47. The van der Waals surface area contributed by atoms with Crippen LogP contribution in [0.1, 0.15) is 24.8 Å². The van der Waals surface area contributed by atoms with E-state index in [9.17, 15) is 4.79 Å². The molecule has 1 unspecified atom stereocenters. The molecule has 3 rings (SSSR count). The highest BCUT2D eigenvalue weighted by atomic mass is 16.6. The Morgan fingerprint density at radius 3 is 2.86 bits per heavy atom. The van der Waals surface area contributed by atoms with E-state index < -0.39 is 0 Å². The highest BCUT2D eigenvalue weighted by molar-refractivity contribution is 5.68. The van der Waals surface area contributed by atoms with E-state index in [-0.39, 0.29) is 18.4 Å². The largest absolute Gasteiger partial charge is 0.444 e. The first-order valence-electron chi connectivity index (χ1n) is 7.53. The van der Waals surface area contributed by atoms with E-state index in [1.54, 1.807) is 4.90 Å². The highest BCUT2D eigenvalue weighted by Crippen LogP contribution is 2.21. The molecule has 0 aliphatic carbocycles. The summed E-state index contributed by atoms with van der Waals surface area (Å²) in [5.41, 5.74) is 0.992. The van der Waals surface area contributed by atoms with Gasteiger partial charge in [0, 0.05) is 6.54 Å². The minimum absolute atomic E-state index is 0.175. The molecular formula is C16H21NO4. The first-order chi connectivity index (χ1) is 10.3. The molecule has 5 nitrogen and oxygen atoms in total. The van der Waals surface area contributed by atoms with Crippen LogP contribution in [0, 0.1) is 0 Å². The van der Waals surface area contributed by atoms with E-state index in [1.165, 1.54) is 0 Å². The van der Waals surface area contributed by atoms with Gasteiger partial charge in [0.2, 0.25) is 0 Å². The van der Waals surface area contributed by atoms with Crippen LogP contribution in [-0.2, 0) is 20.8 Å². The maximum absolute atomic E-state index is 12.2. The molecule has 1 amide bonds. The van der Waals surface area contributed by atoms with Crippen LogP contribution in [0.2, 0.25) is 0 Å². The van der Waals surface area contributed by atoms with Crippen molar-refractivity contribution in [2.24, 2.45) is 0 Å². The average Bonchev–Trinajstić information content (AvgIpc) is 3.36. The van der Waals surface area contributed by atoms with Crippen molar-refractivity contribution >= 4 is 6.09 Å². The third kappa shape index (κ3) is 4.19. The fourth-order valence-corrected chi connectivity index (χ4v) is 2.47. The van der Waals surface area contributed by atoms with E-state index in [0.29, 0.717) is 19.8 Å². The van der Waals surface area contributed by atoms with Crippen LogP contribution < -0.4 is 0 Å². The van der Waals surface area contributed by atoms with E-state index in [4.69, 9.17) is 14.2 Å². The second-order valence-electron chi connectivity index (χ2n) is 5.47. The number of hydrogen-bond donors (Lipinski definition) is 0. The number of amides is 1. The summed E-state index contributed by atoms with van der Waals surface area (Å²) in [6.45, 7) is 2.33. The van der Waals surface area contributed by atoms with Crippen molar-refractivity contribution in [3.05, 3.63) is 35.9 Å². The normalized spacial score (nSPS) is 24.7. The minimum Gasteiger partial charge on any atom is -0.444 e. The van der Waals surface area contributed by atoms with Crippen LogP contribution in [0.25, 0.3) is 0 Å². The smallest absolute Gasteiger partial charge is 0.412 e. The predicted octanol–water partition coefficient (Wildman–Crippen LogP) is 2.55. The summed E-state index contributed by atoms with van der Waals surface area (Å²) in [5.74, 6) is 0. The quantitative estimate of drug-likeness (QED) is 0.782. The minimum atomic E-state index is -0.291. The third-order valence-corrected chi connectivity index (χ3v) is 3.76. The Bertz CT molecular complexity index is 461. The summed E-state index contributed by atoms with van der Waals surface area (Å²) in [7, 11) is 0. The van der Waals surface area contributed by atoms with Crippen LogP contribution >= 0.6 is 0 Å². The molecule has 0 aromatic heterocycles. The third-order valence-electron chi connectivity index (χ3n) is 3.76. The lowest BCUT2D eigenvalue weighted by Gasteiger charge is -2.34. The molecule has 2 aliphatic rings. The van der Waals surface area contributed by atoms with Crippen molar-refractivity contribution in [2.45, 2.75) is 38.2 Å². The number of rotatable bonds is 5. The number of carbonyl (C=O) groups excluding carboxylic acids is 1. The Balaban J connectivity index is 1.50. The lowest BCUT2D eigenvalue weighted by Crippen LogP contribution is -2.45. The molecule has 5 heteroatoms. The summed E-state index contributed by atoms with van der Waals surface area (Å²) in [4.78, 5) is 13.9. The number of nitrogens with zero attached hydrogens (tertiary/aromatic N) is 1. The average molecular weight is 291 g/mol. The number of epoxide rings is 1. The van der Waals surface area contributed by atoms with Gasteiger partial charge >= 0.3 is 6.09 Å². The SMILES string of the molecule is O=C(OCc1ccccc1)N1CCCCC1OC[C@H]1CO1. The van der Waals surface area contributed by atoms with Gasteiger partial charge in [-0.15, -0.1) is 0 Å². The maximum atomic E-state index is 12.2. The molecule has 0 saturated carbocycles. The van der Waals surface area contributed by atoms with Crippen molar-refractivity contribution in [1.29, 1.82) is 0 Å². The molecule has 0 bridgehead atoms. The number of piperidine rings is 1. The van der Waals surface area contributed by atoms with Gasteiger partial charge in [0.05, 0.1) is 13.2 Å². The molecular weight excluding hydrogens is 270 g/mol. The van der Waals surface area contributed by atoms with Crippen LogP contribution in [-0.4, -0.2) is 43.1 Å². The summed E-state index contributed by atoms with van der Waals surface area (Å²) in [5, 5.41) is 0. The molecule has 1 aromatic rings. The zero-order valence-electron chi connectivity index (χ0n) is 12.1. The number of hydrogen-bond acceptors (Lipinski definition) is 4. The van der Waals surface area contributed by atoms with Gasteiger partial charge in [-0.25, -0.2) is 4.79 Å². The van der Waals surface area contributed by atoms with E-state index in [0.717, 1.165) is 31.4 Å². The van der Waals surface area contributed by atoms with Crippen LogP contribution in [0.15, 0.2) is 30.3 Å². The molecule has 0 N–H and O–H groups in total. The van der Waals surface area contributed by atoms with Gasteiger partial charge in [0.15, 0.2) is 0 Å².